The van der Waals surface area contributed by atoms with Gasteiger partial charge in [-0.25, -0.2) is 9.78 Å². The van der Waals surface area contributed by atoms with Crippen LogP contribution in [0.3, 0.4) is 0 Å². The maximum Gasteiger partial charge on any atom is 0.337 e. The van der Waals surface area contributed by atoms with Crippen molar-refractivity contribution in [3.63, 3.8) is 0 Å². The Bertz CT molecular complexity index is 1580. The third kappa shape index (κ3) is 7.48. The molecule has 1 saturated heterocycles. The molecule has 1 aliphatic rings. The zero-order valence-corrected chi connectivity index (χ0v) is 23.7. The number of nitrogens with zero attached hydrogens (tertiary/aromatic N) is 2. The third-order valence-corrected chi connectivity index (χ3v) is 7.10. The molecule has 3 aromatic carbocycles. The van der Waals surface area contributed by atoms with Crippen LogP contribution in [0.15, 0.2) is 91.1 Å². The molecule has 0 bridgehead atoms. The van der Waals surface area contributed by atoms with Gasteiger partial charge in [-0.3, -0.25) is 9.59 Å². The summed E-state index contributed by atoms with van der Waals surface area (Å²) in [7, 11) is 1.81. The number of carboxylic acids is 1. The van der Waals surface area contributed by atoms with Crippen LogP contribution in [0.1, 0.15) is 39.1 Å². The maximum atomic E-state index is 13.0. The summed E-state index contributed by atoms with van der Waals surface area (Å²) in [6.07, 6.45) is 3.07. The number of amides is 2. The number of benzene rings is 3. The summed E-state index contributed by atoms with van der Waals surface area (Å²) in [5.74, 6) is 0.230. The zero-order valence-electron chi connectivity index (χ0n) is 23.7. The van der Waals surface area contributed by atoms with Crippen molar-refractivity contribution >= 4 is 29.2 Å². The van der Waals surface area contributed by atoms with Gasteiger partial charge in [0.05, 0.1) is 23.2 Å². The molecule has 1 aliphatic heterocycles. The van der Waals surface area contributed by atoms with E-state index in [0.717, 1.165) is 24.3 Å². The lowest BCUT2D eigenvalue weighted by Crippen LogP contribution is -2.42. The molecule has 220 valence electrons. The largest absolute Gasteiger partial charge is 0.490 e. The number of likely N-dealkylation sites (tertiary alicyclic amines) is 1. The number of ether oxygens (including phenoxy) is 2. The average molecular weight is 581 g/mol. The second kappa shape index (κ2) is 13.5. The van der Waals surface area contributed by atoms with Gasteiger partial charge in [-0.1, -0.05) is 30.3 Å². The van der Waals surface area contributed by atoms with E-state index in [0.29, 0.717) is 35.8 Å². The van der Waals surface area contributed by atoms with Crippen LogP contribution in [0.25, 0.3) is 0 Å². The molecular formula is C33H32N4O6. The van der Waals surface area contributed by atoms with Crippen LogP contribution >= 0.6 is 0 Å². The van der Waals surface area contributed by atoms with Gasteiger partial charge in [0, 0.05) is 50.9 Å². The van der Waals surface area contributed by atoms with E-state index < -0.39 is 5.97 Å². The topological polar surface area (TPSA) is 130 Å². The smallest absolute Gasteiger partial charge is 0.337 e. The molecular weight excluding hydrogens is 548 g/mol. The number of pyridine rings is 1. The van der Waals surface area contributed by atoms with Crippen molar-refractivity contribution < 1.29 is 29.0 Å². The molecule has 10 heteroatoms. The fourth-order valence-corrected chi connectivity index (χ4v) is 4.87. The van der Waals surface area contributed by atoms with Crippen LogP contribution in [0.4, 0.5) is 11.4 Å². The van der Waals surface area contributed by atoms with Crippen molar-refractivity contribution in [3.8, 4) is 17.4 Å². The van der Waals surface area contributed by atoms with Crippen LogP contribution in [0.2, 0.25) is 0 Å². The quantitative estimate of drug-likeness (QED) is 0.225. The van der Waals surface area contributed by atoms with Crippen molar-refractivity contribution in [2.24, 2.45) is 0 Å². The minimum absolute atomic E-state index is 0.0133. The zero-order chi connectivity index (χ0) is 30.2. The monoisotopic (exact) mass is 580 g/mol. The van der Waals surface area contributed by atoms with Gasteiger partial charge < -0.3 is 30.1 Å². The van der Waals surface area contributed by atoms with Gasteiger partial charge >= 0.3 is 5.97 Å². The number of aromatic nitrogens is 1. The first-order valence-corrected chi connectivity index (χ1v) is 14.0. The number of carbonyl (C=O) groups excluding carboxylic acids is 2. The average Bonchev–Trinajstić information content (AvgIpc) is 3.03. The fraction of sp³-hybridized carbons (Fsp3) is 0.212. The molecule has 10 nitrogen and oxygen atoms in total. The molecule has 0 spiro atoms. The highest BCUT2D eigenvalue weighted by Crippen LogP contribution is 2.26. The molecule has 2 amide bonds. The van der Waals surface area contributed by atoms with E-state index in [-0.39, 0.29) is 35.6 Å². The van der Waals surface area contributed by atoms with Crippen molar-refractivity contribution in [1.82, 2.24) is 9.88 Å². The normalized spacial score (nSPS) is 13.2. The van der Waals surface area contributed by atoms with Crippen LogP contribution < -0.4 is 20.1 Å². The van der Waals surface area contributed by atoms with Crippen LogP contribution in [-0.2, 0) is 11.2 Å². The van der Waals surface area contributed by atoms with E-state index in [1.54, 1.807) is 48.7 Å². The highest BCUT2D eigenvalue weighted by atomic mass is 16.5. The van der Waals surface area contributed by atoms with Gasteiger partial charge in [0.15, 0.2) is 0 Å². The number of piperidine rings is 1. The van der Waals surface area contributed by atoms with Crippen molar-refractivity contribution in [2.45, 2.75) is 25.4 Å². The number of carboxylic acid groups (broad SMARTS) is 1. The van der Waals surface area contributed by atoms with Gasteiger partial charge in [-0.2, -0.15) is 0 Å². The van der Waals surface area contributed by atoms with E-state index in [1.807, 2.05) is 48.3 Å². The second-order valence-corrected chi connectivity index (χ2v) is 10.1. The van der Waals surface area contributed by atoms with E-state index in [4.69, 9.17) is 9.47 Å². The highest BCUT2D eigenvalue weighted by Gasteiger charge is 2.26. The maximum absolute atomic E-state index is 13.0. The molecule has 1 fully saturated rings. The summed E-state index contributed by atoms with van der Waals surface area (Å²) in [5, 5.41) is 15.0. The fourth-order valence-electron chi connectivity index (χ4n) is 4.87. The van der Waals surface area contributed by atoms with Crippen LogP contribution in [0.5, 0.6) is 17.4 Å². The molecule has 0 atom stereocenters. The van der Waals surface area contributed by atoms with E-state index in [2.05, 4.69) is 15.6 Å². The number of hydrogen-bond acceptors (Lipinski definition) is 7. The molecule has 5 rings (SSSR count). The molecule has 43 heavy (non-hydrogen) atoms. The Hall–Kier alpha value is -5.38. The first-order valence-electron chi connectivity index (χ1n) is 14.0. The standard InChI is InChI=1S/C33H32N4O6/c1-34-28-8-4-2-6-26(28)32(39)37-18-16-25(17-19-37)42-23-11-13-24(14-12-23)43-31-15-10-22(21-35-31)20-30(38)36-29-9-5-3-7-27(29)33(40)41/h2-15,21,25,34H,16-20H2,1H3,(H,36,38)(H,40,41). The molecule has 1 aromatic heterocycles. The lowest BCUT2D eigenvalue weighted by Gasteiger charge is -2.32. The summed E-state index contributed by atoms with van der Waals surface area (Å²) in [6.45, 7) is 1.25. The Balaban J connectivity index is 1.08. The third-order valence-electron chi connectivity index (χ3n) is 7.10. The van der Waals surface area contributed by atoms with Crippen LogP contribution in [-0.4, -0.2) is 59.0 Å². The second-order valence-electron chi connectivity index (χ2n) is 10.1. The molecule has 2 heterocycles. The van der Waals surface area contributed by atoms with Crippen molar-refractivity contribution in [3.05, 3.63) is 108 Å². The Morgan fingerprint density at radius 2 is 1.51 bits per heavy atom. The molecule has 0 saturated carbocycles. The van der Waals surface area contributed by atoms with Gasteiger partial charge in [-0.05, 0) is 54.1 Å². The lowest BCUT2D eigenvalue weighted by atomic mass is 10.1. The molecule has 4 aromatic rings. The predicted molar refractivity (Wildman–Crippen MR) is 162 cm³/mol. The molecule has 0 aliphatic carbocycles. The van der Waals surface area contributed by atoms with E-state index in [1.165, 1.54) is 6.07 Å². The highest BCUT2D eigenvalue weighted by molar-refractivity contribution is 6.01. The number of hydrogen-bond donors (Lipinski definition) is 3. The Morgan fingerprint density at radius 1 is 0.860 bits per heavy atom. The van der Waals surface area contributed by atoms with Crippen molar-refractivity contribution in [1.29, 1.82) is 0 Å². The first kappa shape index (κ1) is 29.1. The number of carbonyl (C=O) groups is 3. The summed E-state index contributed by atoms with van der Waals surface area (Å²) in [5.41, 5.74) is 2.42. The number of para-hydroxylation sites is 2. The van der Waals surface area contributed by atoms with E-state index >= 15 is 0 Å². The van der Waals surface area contributed by atoms with E-state index in [9.17, 15) is 19.5 Å². The molecule has 3 N–H and O–H groups in total. The number of aromatic carboxylic acids is 1. The van der Waals surface area contributed by atoms with Gasteiger partial charge in [0.1, 0.15) is 17.6 Å². The number of nitrogens with one attached hydrogen (secondary N) is 2. The number of anilines is 2. The summed E-state index contributed by atoms with van der Waals surface area (Å²) < 4.78 is 12.0. The lowest BCUT2D eigenvalue weighted by molar-refractivity contribution is -0.115. The van der Waals surface area contributed by atoms with Crippen LogP contribution in [0, 0.1) is 0 Å². The van der Waals surface area contributed by atoms with Gasteiger partial charge in [0.2, 0.25) is 11.8 Å². The van der Waals surface area contributed by atoms with Gasteiger partial charge in [0.25, 0.3) is 5.91 Å². The Morgan fingerprint density at radius 3 is 2.16 bits per heavy atom. The SMILES string of the molecule is CNc1ccccc1C(=O)N1CCC(Oc2ccc(Oc3ccc(CC(=O)Nc4ccccc4C(=O)O)cn3)cc2)CC1. The van der Waals surface area contributed by atoms with Crippen molar-refractivity contribution in [2.75, 3.05) is 30.8 Å². The Labute approximate surface area is 249 Å². The number of rotatable bonds is 10. The predicted octanol–water partition coefficient (Wildman–Crippen LogP) is 5.48. The summed E-state index contributed by atoms with van der Waals surface area (Å²) in [6, 6.07) is 24.4. The molecule has 0 radical (unpaired) electrons. The first-order chi connectivity index (χ1) is 20.9. The Kier molecular flexibility index (Phi) is 9.16. The van der Waals surface area contributed by atoms with Gasteiger partial charge in [-0.15, -0.1) is 0 Å². The minimum atomic E-state index is -1.11. The summed E-state index contributed by atoms with van der Waals surface area (Å²) >= 11 is 0. The molecule has 0 unspecified atom stereocenters. The minimum Gasteiger partial charge on any atom is -0.490 e. The summed E-state index contributed by atoms with van der Waals surface area (Å²) in [4.78, 5) is 42.9.